The van der Waals surface area contributed by atoms with Crippen LogP contribution in [-0.4, -0.2) is 10.1 Å². The molecule has 17 heavy (non-hydrogen) atoms. The molecule has 0 aliphatic heterocycles. The molecule has 2 nitrogen and oxygen atoms in total. The van der Waals surface area contributed by atoms with E-state index in [4.69, 9.17) is 0 Å². The number of aliphatic hydroxyl groups excluding tert-OH is 1. The lowest BCUT2D eigenvalue weighted by Crippen LogP contribution is -2.04. The second-order valence-corrected chi connectivity index (χ2v) is 4.52. The van der Waals surface area contributed by atoms with Crippen molar-refractivity contribution in [3.8, 4) is 0 Å². The molecule has 2 aromatic rings. The molecule has 1 N–H and O–H groups in total. The van der Waals surface area contributed by atoms with Gasteiger partial charge in [0.2, 0.25) is 0 Å². The number of aryl methyl sites for hydroxylation is 3. The highest BCUT2D eigenvalue weighted by molar-refractivity contribution is 5.36. The normalized spacial score (nSPS) is 12.5. The lowest BCUT2D eigenvalue weighted by Gasteiger charge is -2.14. The van der Waals surface area contributed by atoms with Crippen LogP contribution in [0.2, 0.25) is 0 Å². The molecule has 1 aromatic heterocycles. The summed E-state index contributed by atoms with van der Waals surface area (Å²) in [7, 11) is 0. The van der Waals surface area contributed by atoms with Gasteiger partial charge in [-0.05, 0) is 49.6 Å². The van der Waals surface area contributed by atoms with Gasteiger partial charge < -0.3 is 5.11 Å². The molecule has 0 fully saturated rings. The molecule has 0 radical (unpaired) electrons. The summed E-state index contributed by atoms with van der Waals surface area (Å²) in [6.07, 6.45) is 1.09. The van der Waals surface area contributed by atoms with Crippen molar-refractivity contribution in [2.24, 2.45) is 0 Å². The van der Waals surface area contributed by atoms with Gasteiger partial charge in [0, 0.05) is 6.20 Å². The molecule has 0 aliphatic rings. The Bertz CT molecular complexity index is 534. The molecule has 0 saturated carbocycles. The third kappa shape index (κ3) is 2.53. The summed E-state index contributed by atoms with van der Waals surface area (Å²) < 4.78 is 0. The molecule has 1 atom stereocenters. The van der Waals surface area contributed by atoms with E-state index >= 15 is 0 Å². The Labute approximate surface area is 102 Å². The van der Waals surface area contributed by atoms with E-state index in [1.807, 2.05) is 45.0 Å². The Morgan fingerprint density at radius 2 is 1.71 bits per heavy atom. The fourth-order valence-corrected chi connectivity index (χ4v) is 1.92. The van der Waals surface area contributed by atoms with E-state index in [-0.39, 0.29) is 0 Å². The van der Waals surface area contributed by atoms with E-state index in [2.05, 4.69) is 11.1 Å². The maximum atomic E-state index is 10.4. The van der Waals surface area contributed by atoms with Crippen LogP contribution in [0.5, 0.6) is 0 Å². The van der Waals surface area contributed by atoms with Crippen LogP contribution in [0.15, 0.2) is 36.5 Å². The summed E-state index contributed by atoms with van der Waals surface area (Å²) in [5.74, 6) is 0. The third-order valence-electron chi connectivity index (χ3n) is 2.95. The summed E-state index contributed by atoms with van der Waals surface area (Å²) in [5, 5.41) is 10.4. The van der Waals surface area contributed by atoms with Crippen molar-refractivity contribution in [1.29, 1.82) is 0 Å². The van der Waals surface area contributed by atoms with Crippen LogP contribution in [-0.2, 0) is 0 Å². The van der Waals surface area contributed by atoms with Crippen molar-refractivity contribution < 1.29 is 5.11 Å². The van der Waals surface area contributed by atoms with Crippen LogP contribution in [0.1, 0.15) is 34.1 Å². The average Bonchev–Trinajstić information content (AvgIpc) is 2.31. The van der Waals surface area contributed by atoms with Gasteiger partial charge in [-0.3, -0.25) is 4.98 Å². The van der Waals surface area contributed by atoms with Crippen LogP contribution >= 0.6 is 0 Å². The first-order valence-corrected chi connectivity index (χ1v) is 5.75. The van der Waals surface area contributed by atoms with E-state index in [0.29, 0.717) is 5.69 Å². The fourth-order valence-electron chi connectivity index (χ4n) is 1.92. The molecule has 2 heteroatoms. The van der Waals surface area contributed by atoms with Gasteiger partial charge in [-0.2, -0.15) is 0 Å². The topological polar surface area (TPSA) is 33.1 Å². The highest BCUT2D eigenvalue weighted by Crippen LogP contribution is 2.24. The smallest absolute Gasteiger partial charge is 0.121 e. The zero-order valence-electron chi connectivity index (χ0n) is 10.4. The first-order chi connectivity index (χ1) is 8.08. The molecule has 2 rings (SSSR count). The number of hydrogen-bond acceptors (Lipinski definition) is 2. The van der Waals surface area contributed by atoms with Crippen molar-refractivity contribution >= 4 is 0 Å². The van der Waals surface area contributed by atoms with Gasteiger partial charge in [0.25, 0.3) is 0 Å². The number of hydrogen-bond donors (Lipinski definition) is 1. The number of nitrogens with zero attached hydrogens (tertiary/aromatic N) is 1. The molecular formula is C15H17NO. The van der Waals surface area contributed by atoms with E-state index in [1.54, 1.807) is 6.20 Å². The summed E-state index contributed by atoms with van der Waals surface area (Å²) in [4.78, 5) is 4.24. The van der Waals surface area contributed by atoms with Gasteiger partial charge in [-0.25, -0.2) is 0 Å². The molecule has 0 aliphatic carbocycles. The minimum Gasteiger partial charge on any atom is -0.382 e. The minimum atomic E-state index is -0.644. The van der Waals surface area contributed by atoms with Crippen molar-refractivity contribution in [2.75, 3.05) is 0 Å². The first kappa shape index (κ1) is 11.8. The fraction of sp³-hybridized carbons (Fsp3) is 0.267. The largest absolute Gasteiger partial charge is 0.382 e. The molecule has 0 bridgehead atoms. The quantitative estimate of drug-likeness (QED) is 0.855. The second kappa shape index (κ2) is 4.68. The predicted octanol–water partition coefficient (Wildman–Crippen LogP) is 3.09. The van der Waals surface area contributed by atoms with Crippen LogP contribution in [0.25, 0.3) is 0 Å². The third-order valence-corrected chi connectivity index (χ3v) is 2.95. The zero-order valence-corrected chi connectivity index (χ0v) is 10.4. The highest BCUT2D eigenvalue weighted by atomic mass is 16.3. The lowest BCUT2D eigenvalue weighted by molar-refractivity contribution is 0.214. The number of benzene rings is 1. The number of pyridine rings is 1. The Morgan fingerprint density at radius 1 is 1.00 bits per heavy atom. The summed E-state index contributed by atoms with van der Waals surface area (Å²) in [6.45, 7) is 6.04. The van der Waals surface area contributed by atoms with Gasteiger partial charge in [0.05, 0.1) is 5.69 Å². The van der Waals surface area contributed by atoms with Crippen molar-refractivity contribution in [1.82, 2.24) is 4.98 Å². The molecule has 0 amide bonds. The van der Waals surface area contributed by atoms with Gasteiger partial charge in [0.1, 0.15) is 6.10 Å². The van der Waals surface area contributed by atoms with Gasteiger partial charge in [-0.1, -0.05) is 23.8 Å². The molecule has 1 unspecified atom stereocenters. The molecule has 1 aromatic carbocycles. The first-order valence-electron chi connectivity index (χ1n) is 5.75. The summed E-state index contributed by atoms with van der Waals surface area (Å²) in [6, 6.07) is 9.95. The van der Waals surface area contributed by atoms with Gasteiger partial charge in [0.15, 0.2) is 0 Å². The Kier molecular flexibility index (Phi) is 3.25. The van der Waals surface area contributed by atoms with Crippen molar-refractivity contribution in [3.63, 3.8) is 0 Å². The number of aromatic nitrogens is 1. The maximum absolute atomic E-state index is 10.4. The standard InChI is InChI=1S/C15H17NO/c1-10-4-5-12(3)13(8-10)15(17)14-9-11(2)6-7-16-14/h4-9,15,17H,1-3H3. The SMILES string of the molecule is Cc1ccnc(C(O)c2cc(C)ccc2C)c1. The van der Waals surface area contributed by atoms with E-state index in [9.17, 15) is 5.11 Å². The lowest BCUT2D eigenvalue weighted by atomic mass is 9.98. The van der Waals surface area contributed by atoms with Crippen LogP contribution < -0.4 is 0 Å². The number of aliphatic hydroxyl groups is 1. The maximum Gasteiger partial charge on any atom is 0.121 e. The van der Waals surface area contributed by atoms with Crippen LogP contribution in [0, 0.1) is 20.8 Å². The molecular weight excluding hydrogens is 210 g/mol. The van der Waals surface area contributed by atoms with Crippen molar-refractivity contribution in [2.45, 2.75) is 26.9 Å². The molecule has 88 valence electrons. The predicted molar refractivity (Wildman–Crippen MR) is 69.0 cm³/mol. The van der Waals surface area contributed by atoms with Crippen molar-refractivity contribution in [3.05, 3.63) is 64.5 Å². The molecule has 0 spiro atoms. The second-order valence-electron chi connectivity index (χ2n) is 4.52. The van der Waals surface area contributed by atoms with E-state index in [1.165, 1.54) is 0 Å². The van der Waals surface area contributed by atoms with Gasteiger partial charge in [-0.15, -0.1) is 0 Å². The van der Waals surface area contributed by atoms with E-state index < -0.39 is 6.10 Å². The van der Waals surface area contributed by atoms with Gasteiger partial charge >= 0.3 is 0 Å². The highest BCUT2D eigenvalue weighted by Gasteiger charge is 2.14. The number of rotatable bonds is 2. The Morgan fingerprint density at radius 3 is 2.41 bits per heavy atom. The minimum absolute atomic E-state index is 0.644. The Balaban J connectivity index is 2.43. The van der Waals surface area contributed by atoms with Crippen LogP contribution in [0.4, 0.5) is 0 Å². The summed E-state index contributed by atoms with van der Waals surface area (Å²) in [5.41, 5.74) is 4.99. The zero-order chi connectivity index (χ0) is 12.4. The monoisotopic (exact) mass is 227 g/mol. The molecule has 0 saturated heterocycles. The molecule has 1 heterocycles. The Hall–Kier alpha value is -1.67. The van der Waals surface area contributed by atoms with Crippen LogP contribution in [0.3, 0.4) is 0 Å². The summed E-state index contributed by atoms with van der Waals surface area (Å²) >= 11 is 0. The van der Waals surface area contributed by atoms with E-state index in [0.717, 1.165) is 22.3 Å². The average molecular weight is 227 g/mol.